The molecule has 2 aromatic rings. The number of para-hydroxylation sites is 1. The minimum absolute atomic E-state index is 0.293. The average Bonchev–Trinajstić information content (AvgIpc) is 3.04. The zero-order chi connectivity index (χ0) is 16.9. The summed E-state index contributed by atoms with van der Waals surface area (Å²) in [6.45, 7) is 1.84. The zero-order valence-electron chi connectivity index (χ0n) is 13.7. The number of amides is 1. The van der Waals surface area contributed by atoms with Gasteiger partial charge in [0, 0.05) is 10.6 Å². The van der Waals surface area contributed by atoms with E-state index in [2.05, 4.69) is 5.32 Å². The molecule has 5 heteroatoms. The Labute approximate surface area is 145 Å². The van der Waals surface area contributed by atoms with Gasteiger partial charge in [0.2, 0.25) is 0 Å². The highest BCUT2D eigenvalue weighted by molar-refractivity contribution is 7.14. The van der Waals surface area contributed by atoms with Crippen LogP contribution in [0.4, 0.5) is 5.69 Å². The summed E-state index contributed by atoms with van der Waals surface area (Å²) in [4.78, 5) is 26.6. The van der Waals surface area contributed by atoms with E-state index in [-0.39, 0.29) is 5.91 Å². The van der Waals surface area contributed by atoms with Gasteiger partial charge in [-0.15, -0.1) is 11.3 Å². The van der Waals surface area contributed by atoms with Crippen LogP contribution in [0.1, 0.15) is 46.3 Å². The van der Waals surface area contributed by atoms with Crippen molar-refractivity contribution in [1.82, 2.24) is 0 Å². The van der Waals surface area contributed by atoms with Crippen molar-refractivity contribution in [2.75, 3.05) is 5.32 Å². The van der Waals surface area contributed by atoms with Gasteiger partial charge in [0.1, 0.15) is 4.88 Å². The number of ether oxygens (including phenoxy) is 1. The Balaban J connectivity index is 1.65. The first-order valence-corrected chi connectivity index (χ1v) is 9.17. The van der Waals surface area contributed by atoms with Crippen molar-refractivity contribution in [3.63, 3.8) is 0 Å². The van der Waals surface area contributed by atoms with Crippen molar-refractivity contribution in [2.45, 2.75) is 45.1 Å². The standard InChI is InChI=1S/C19H21NO3S/c1-2-15(18(21)20-14-9-4-3-5-10-14)23-19(22)17-12-13-8-6-7-11-16(13)24-17/h3-5,9-10,12,15H,2,6-8,11H2,1H3,(H,20,21). The largest absolute Gasteiger partial charge is 0.448 e. The van der Waals surface area contributed by atoms with Crippen LogP contribution in [0, 0.1) is 0 Å². The van der Waals surface area contributed by atoms with Gasteiger partial charge in [0.05, 0.1) is 0 Å². The number of nitrogens with one attached hydrogen (secondary N) is 1. The summed E-state index contributed by atoms with van der Waals surface area (Å²) < 4.78 is 5.46. The molecule has 0 radical (unpaired) electrons. The lowest BCUT2D eigenvalue weighted by molar-refractivity contribution is -0.124. The Bertz CT molecular complexity index is 700. The van der Waals surface area contributed by atoms with Crippen molar-refractivity contribution in [3.05, 3.63) is 51.7 Å². The van der Waals surface area contributed by atoms with Crippen molar-refractivity contribution in [2.24, 2.45) is 0 Å². The van der Waals surface area contributed by atoms with Gasteiger partial charge >= 0.3 is 5.97 Å². The summed E-state index contributed by atoms with van der Waals surface area (Å²) in [5.41, 5.74) is 1.96. The number of hydrogen-bond donors (Lipinski definition) is 1. The molecule has 0 fully saturated rings. The van der Waals surface area contributed by atoms with Gasteiger partial charge in [-0.25, -0.2) is 4.79 Å². The van der Waals surface area contributed by atoms with Gasteiger partial charge in [-0.1, -0.05) is 25.1 Å². The van der Waals surface area contributed by atoms with Crippen molar-refractivity contribution in [1.29, 1.82) is 0 Å². The normalized spacial score (nSPS) is 14.5. The minimum atomic E-state index is -0.781. The molecule has 1 aliphatic rings. The van der Waals surface area contributed by atoms with Crippen molar-refractivity contribution in [3.8, 4) is 0 Å². The second kappa shape index (κ2) is 7.62. The average molecular weight is 343 g/mol. The maximum Gasteiger partial charge on any atom is 0.349 e. The van der Waals surface area contributed by atoms with E-state index in [1.54, 1.807) is 12.1 Å². The SMILES string of the molecule is CCC(OC(=O)c1cc2c(s1)CCCC2)C(=O)Nc1ccccc1. The fourth-order valence-electron chi connectivity index (χ4n) is 2.85. The molecule has 0 saturated heterocycles. The van der Waals surface area contributed by atoms with E-state index < -0.39 is 12.1 Å². The van der Waals surface area contributed by atoms with Gasteiger partial charge in [0.25, 0.3) is 5.91 Å². The van der Waals surface area contributed by atoms with Crippen LogP contribution >= 0.6 is 11.3 Å². The molecule has 3 rings (SSSR count). The first-order valence-electron chi connectivity index (χ1n) is 8.36. The molecule has 0 spiro atoms. The third-order valence-corrected chi connectivity index (χ3v) is 5.37. The van der Waals surface area contributed by atoms with Crippen LogP contribution < -0.4 is 5.32 Å². The van der Waals surface area contributed by atoms with E-state index in [0.717, 1.165) is 12.8 Å². The predicted molar refractivity (Wildman–Crippen MR) is 95.5 cm³/mol. The number of fused-ring (bicyclic) bond motifs is 1. The summed E-state index contributed by atoms with van der Waals surface area (Å²) in [5, 5.41) is 2.79. The number of hydrogen-bond acceptors (Lipinski definition) is 4. The lowest BCUT2D eigenvalue weighted by Gasteiger charge is -2.15. The third kappa shape index (κ3) is 3.85. The van der Waals surface area contributed by atoms with Crippen LogP contribution in [0.5, 0.6) is 0 Å². The fraction of sp³-hybridized carbons (Fsp3) is 0.368. The number of benzene rings is 1. The summed E-state index contributed by atoms with van der Waals surface area (Å²) in [7, 11) is 0. The number of aryl methyl sites for hydroxylation is 2. The Morgan fingerprint density at radius 2 is 1.96 bits per heavy atom. The predicted octanol–water partition coefficient (Wildman–Crippen LogP) is 4.20. The summed E-state index contributed by atoms with van der Waals surface area (Å²) in [6.07, 6.45) is 4.09. The Morgan fingerprint density at radius 3 is 2.67 bits per heavy atom. The zero-order valence-corrected chi connectivity index (χ0v) is 14.5. The Morgan fingerprint density at radius 1 is 1.21 bits per heavy atom. The number of carbonyl (C=O) groups excluding carboxylic acids is 2. The van der Waals surface area contributed by atoms with Crippen LogP contribution in [-0.4, -0.2) is 18.0 Å². The number of esters is 1. The molecule has 1 aromatic carbocycles. The van der Waals surface area contributed by atoms with E-state index in [9.17, 15) is 9.59 Å². The maximum atomic E-state index is 12.4. The molecule has 1 aromatic heterocycles. The second-order valence-corrected chi connectivity index (χ2v) is 7.06. The van der Waals surface area contributed by atoms with Crippen molar-refractivity contribution >= 4 is 28.9 Å². The Hall–Kier alpha value is -2.14. The monoisotopic (exact) mass is 343 g/mol. The molecule has 1 aliphatic carbocycles. The molecule has 4 nitrogen and oxygen atoms in total. The molecule has 126 valence electrons. The third-order valence-electron chi connectivity index (χ3n) is 4.15. The highest BCUT2D eigenvalue weighted by atomic mass is 32.1. The Kier molecular flexibility index (Phi) is 5.30. The summed E-state index contributed by atoms with van der Waals surface area (Å²) in [6, 6.07) is 11.1. The molecule has 1 N–H and O–H groups in total. The van der Waals surface area contributed by atoms with Gasteiger partial charge in [-0.3, -0.25) is 4.79 Å². The molecular formula is C19H21NO3S. The second-order valence-electron chi connectivity index (χ2n) is 5.92. The van der Waals surface area contributed by atoms with E-state index in [4.69, 9.17) is 4.74 Å². The number of rotatable bonds is 5. The molecule has 0 saturated carbocycles. The smallest absolute Gasteiger partial charge is 0.349 e. The quantitative estimate of drug-likeness (QED) is 0.828. The molecule has 0 bridgehead atoms. The van der Waals surface area contributed by atoms with E-state index in [1.165, 1.54) is 34.6 Å². The van der Waals surface area contributed by atoms with Crippen molar-refractivity contribution < 1.29 is 14.3 Å². The van der Waals surface area contributed by atoms with Crippen LogP contribution in [0.25, 0.3) is 0 Å². The topological polar surface area (TPSA) is 55.4 Å². The van der Waals surface area contributed by atoms with Gasteiger partial charge in [-0.05, 0) is 55.9 Å². The molecule has 24 heavy (non-hydrogen) atoms. The van der Waals surface area contributed by atoms with E-state index in [0.29, 0.717) is 17.0 Å². The molecule has 1 amide bonds. The van der Waals surface area contributed by atoms with Crippen LogP contribution in [-0.2, 0) is 22.4 Å². The maximum absolute atomic E-state index is 12.4. The first-order chi connectivity index (χ1) is 11.7. The number of carbonyl (C=O) groups is 2. The summed E-state index contributed by atoms with van der Waals surface area (Å²) >= 11 is 1.51. The van der Waals surface area contributed by atoms with Gasteiger partial charge < -0.3 is 10.1 Å². The lowest BCUT2D eigenvalue weighted by atomic mass is 9.99. The van der Waals surface area contributed by atoms with E-state index in [1.807, 2.05) is 31.2 Å². The fourth-order valence-corrected chi connectivity index (χ4v) is 3.98. The van der Waals surface area contributed by atoms with Gasteiger partial charge in [-0.2, -0.15) is 0 Å². The molecule has 1 atom stereocenters. The summed E-state index contributed by atoms with van der Waals surface area (Å²) in [5.74, 6) is -0.692. The molecule has 1 heterocycles. The molecule has 1 unspecified atom stereocenters. The van der Waals surface area contributed by atoms with Crippen LogP contribution in [0.15, 0.2) is 36.4 Å². The first kappa shape index (κ1) is 16.7. The molecular weight excluding hydrogens is 322 g/mol. The molecule has 0 aliphatic heterocycles. The van der Waals surface area contributed by atoms with Crippen LogP contribution in [0.2, 0.25) is 0 Å². The minimum Gasteiger partial charge on any atom is -0.448 e. The van der Waals surface area contributed by atoms with E-state index >= 15 is 0 Å². The lowest BCUT2D eigenvalue weighted by Crippen LogP contribution is -2.31. The highest BCUT2D eigenvalue weighted by Gasteiger charge is 2.24. The van der Waals surface area contributed by atoms with Crippen LogP contribution in [0.3, 0.4) is 0 Å². The van der Waals surface area contributed by atoms with Gasteiger partial charge in [0.15, 0.2) is 6.10 Å². The number of thiophene rings is 1. The number of anilines is 1. The highest BCUT2D eigenvalue weighted by Crippen LogP contribution is 2.30.